The fourth-order valence-electron chi connectivity index (χ4n) is 1.96. The van der Waals surface area contributed by atoms with Crippen molar-refractivity contribution in [1.29, 1.82) is 0 Å². The third kappa shape index (κ3) is 4.57. The highest BCUT2D eigenvalue weighted by Gasteiger charge is 2.10. The molecule has 5 heteroatoms. The zero-order valence-electron chi connectivity index (χ0n) is 11.9. The van der Waals surface area contributed by atoms with Gasteiger partial charge < -0.3 is 9.84 Å². The second-order valence-corrected chi connectivity index (χ2v) is 4.74. The number of rotatable bonds is 7. The predicted octanol–water partition coefficient (Wildman–Crippen LogP) is 2.29. The Labute approximate surface area is 123 Å². The van der Waals surface area contributed by atoms with Gasteiger partial charge in [-0.3, -0.25) is 9.88 Å². The number of aromatic nitrogens is 1. The molecule has 2 rings (SSSR count). The van der Waals surface area contributed by atoms with Gasteiger partial charge in [0.1, 0.15) is 17.9 Å². The highest BCUT2D eigenvalue weighted by Crippen LogP contribution is 2.17. The summed E-state index contributed by atoms with van der Waals surface area (Å²) in [6.07, 6.45) is 3.53. The van der Waals surface area contributed by atoms with Gasteiger partial charge in [0.25, 0.3) is 0 Å². The van der Waals surface area contributed by atoms with Gasteiger partial charge in [0.2, 0.25) is 0 Å². The van der Waals surface area contributed by atoms with Crippen LogP contribution in [0.4, 0.5) is 0 Å². The highest BCUT2D eigenvalue weighted by molar-refractivity contribution is 5.90. The summed E-state index contributed by atoms with van der Waals surface area (Å²) in [6, 6.07) is 10.6. The van der Waals surface area contributed by atoms with Gasteiger partial charge in [0.15, 0.2) is 0 Å². The second kappa shape index (κ2) is 7.40. The van der Waals surface area contributed by atoms with Crippen LogP contribution in [-0.4, -0.2) is 41.2 Å². The van der Waals surface area contributed by atoms with Crippen LogP contribution >= 0.6 is 0 Å². The van der Waals surface area contributed by atoms with Crippen LogP contribution in [0, 0.1) is 0 Å². The quantitative estimate of drug-likeness (QED) is 0.846. The number of para-hydroxylation sites is 1. The molecule has 0 saturated carbocycles. The van der Waals surface area contributed by atoms with E-state index in [0.29, 0.717) is 18.9 Å². The highest BCUT2D eigenvalue weighted by atomic mass is 16.5. The van der Waals surface area contributed by atoms with E-state index in [1.807, 2.05) is 19.2 Å². The first-order chi connectivity index (χ1) is 10.2. The van der Waals surface area contributed by atoms with Gasteiger partial charge in [-0.1, -0.05) is 12.1 Å². The lowest BCUT2D eigenvalue weighted by molar-refractivity contribution is 0.0691. The number of ether oxygens (including phenoxy) is 1. The summed E-state index contributed by atoms with van der Waals surface area (Å²) < 4.78 is 5.57. The maximum atomic E-state index is 11.1. The molecule has 0 aliphatic rings. The van der Waals surface area contributed by atoms with Crippen molar-refractivity contribution < 1.29 is 14.6 Å². The Kier molecular flexibility index (Phi) is 5.29. The summed E-state index contributed by atoms with van der Waals surface area (Å²) in [5.41, 5.74) is 1.37. The summed E-state index contributed by atoms with van der Waals surface area (Å²) in [4.78, 5) is 17.2. The van der Waals surface area contributed by atoms with Crippen molar-refractivity contribution >= 4 is 5.97 Å². The molecule has 0 aliphatic carbocycles. The minimum absolute atomic E-state index is 0.189. The van der Waals surface area contributed by atoms with Crippen molar-refractivity contribution in [3.63, 3.8) is 0 Å². The van der Waals surface area contributed by atoms with E-state index < -0.39 is 5.97 Å². The first kappa shape index (κ1) is 15.0. The molecule has 1 aromatic heterocycles. The molecule has 1 aromatic carbocycles. The van der Waals surface area contributed by atoms with Gasteiger partial charge in [0.05, 0.1) is 0 Å². The van der Waals surface area contributed by atoms with Crippen LogP contribution in [0.5, 0.6) is 5.75 Å². The Hall–Kier alpha value is -2.40. The molecule has 0 fully saturated rings. The number of hydrogen-bond acceptors (Lipinski definition) is 4. The Morgan fingerprint density at radius 3 is 2.67 bits per heavy atom. The zero-order valence-corrected chi connectivity index (χ0v) is 11.9. The van der Waals surface area contributed by atoms with E-state index in [2.05, 4.69) is 9.88 Å². The molecule has 0 saturated heterocycles. The molecule has 0 aliphatic heterocycles. The number of benzene rings is 1. The fourth-order valence-corrected chi connectivity index (χ4v) is 1.96. The number of carboxylic acid groups (broad SMARTS) is 1. The smallest absolute Gasteiger partial charge is 0.339 e. The minimum Gasteiger partial charge on any atom is -0.491 e. The number of aromatic carboxylic acids is 1. The summed E-state index contributed by atoms with van der Waals surface area (Å²) in [7, 11) is 1.99. The summed E-state index contributed by atoms with van der Waals surface area (Å²) in [5, 5.41) is 9.07. The van der Waals surface area contributed by atoms with Gasteiger partial charge in [-0.25, -0.2) is 4.79 Å². The Morgan fingerprint density at radius 2 is 1.95 bits per heavy atom. The molecule has 5 nitrogen and oxygen atoms in total. The average Bonchev–Trinajstić information content (AvgIpc) is 2.48. The van der Waals surface area contributed by atoms with E-state index >= 15 is 0 Å². The lowest BCUT2D eigenvalue weighted by Gasteiger charge is -2.17. The first-order valence-corrected chi connectivity index (χ1v) is 6.69. The molecule has 1 heterocycles. The molecule has 0 amide bonds. The Balaban J connectivity index is 1.83. The van der Waals surface area contributed by atoms with Crippen molar-refractivity contribution in [2.24, 2.45) is 0 Å². The maximum Gasteiger partial charge on any atom is 0.339 e. The average molecular weight is 286 g/mol. The zero-order chi connectivity index (χ0) is 15.1. The lowest BCUT2D eigenvalue weighted by Crippen LogP contribution is -2.24. The van der Waals surface area contributed by atoms with Crippen molar-refractivity contribution in [2.75, 3.05) is 20.2 Å². The Bertz CT molecular complexity index is 587. The van der Waals surface area contributed by atoms with Crippen LogP contribution in [0.25, 0.3) is 0 Å². The van der Waals surface area contributed by atoms with Crippen LogP contribution in [-0.2, 0) is 6.54 Å². The van der Waals surface area contributed by atoms with E-state index in [4.69, 9.17) is 9.84 Å². The van der Waals surface area contributed by atoms with Crippen molar-refractivity contribution in [2.45, 2.75) is 6.54 Å². The van der Waals surface area contributed by atoms with Crippen molar-refractivity contribution in [3.05, 3.63) is 59.9 Å². The standard InChI is InChI=1S/C16H18N2O3/c1-18(12-13-6-8-17-9-7-13)10-11-21-15-5-3-2-4-14(15)16(19)20/h2-9H,10-12H2,1H3,(H,19,20). The molecule has 21 heavy (non-hydrogen) atoms. The monoisotopic (exact) mass is 286 g/mol. The topological polar surface area (TPSA) is 62.7 Å². The molecule has 110 valence electrons. The van der Waals surface area contributed by atoms with E-state index in [-0.39, 0.29) is 5.56 Å². The van der Waals surface area contributed by atoms with Crippen LogP contribution in [0.15, 0.2) is 48.8 Å². The van der Waals surface area contributed by atoms with Gasteiger partial charge in [-0.15, -0.1) is 0 Å². The van der Waals surface area contributed by atoms with Crippen LogP contribution in [0.2, 0.25) is 0 Å². The van der Waals surface area contributed by atoms with Gasteiger partial charge in [0, 0.05) is 25.5 Å². The number of carbonyl (C=O) groups is 1. The molecular formula is C16H18N2O3. The van der Waals surface area contributed by atoms with E-state index in [1.165, 1.54) is 5.56 Å². The number of carboxylic acids is 1. The van der Waals surface area contributed by atoms with Crippen LogP contribution < -0.4 is 4.74 Å². The van der Waals surface area contributed by atoms with Crippen LogP contribution in [0.3, 0.4) is 0 Å². The summed E-state index contributed by atoms with van der Waals surface area (Å²) in [6.45, 7) is 1.94. The van der Waals surface area contributed by atoms with Crippen molar-refractivity contribution in [3.8, 4) is 5.75 Å². The normalized spacial score (nSPS) is 10.6. The molecule has 0 bridgehead atoms. The van der Waals surface area contributed by atoms with Gasteiger partial charge in [-0.2, -0.15) is 0 Å². The van der Waals surface area contributed by atoms with Gasteiger partial charge >= 0.3 is 5.97 Å². The SMILES string of the molecule is CN(CCOc1ccccc1C(=O)O)Cc1ccncc1. The third-order valence-corrected chi connectivity index (χ3v) is 3.05. The summed E-state index contributed by atoms with van der Waals surface area (Å²) in [5.74, 6) is -0.571. The largest absolute Gasteiger partial charge is 0.491 e. The number of likely N-dealkylation sites (N-methyl/N-ethyl adjacent to an activating group) is 1. The van der Waals surface area contributed by atoms with E-state index in [0.717, 1.165) is 6.54 Å². The molecule has 1 N–H and O–H groups in total. The van der Waals surface area contributed by atoms with E-state index in [1.54, 1.807) is 36.7 Å². The minimum atomic E-state index is -0.976. The molecule has 0 unspecified atom stereocenters. The Morgan fingerprint density at radius 1 is 1.24 bits per heavy atom. The lowest BCUT2D eigenvalue weighted by atomic mass is 10.2. The summed E-state index contributed by atoms with van der Waals surface area (Å²) >= 11 is 0. The fraction of sp³-hybridized carbons (Fsp3) is 0.250. The van der Waals surface area contributed by atoms with Gasteiger partial charge in [-0.05, 0) is 36.9 Å². The van der Waals surface area contributed by atoms with Crippen LogP contribution in [0.1, 0.15) is 15.9 Å². The van der Waals surface area contributed by atoms with E-state index in [9.17, 15) is 4.79 Å². The maximum absolute atomic E-state index is 11.1. The molecule has 2 aromatic rings. The number of pyridine rings is 1. The predicted molar refractivity (Wildman–Crippen MR) is 79.5 cm³/mol. The molecule has 0 atom stereocenters. The molecule has 0 radical (unpaired) electrons. The second-order valence-electron chi connectivity index (χ2n) is 4.74. The third-order valence-electron chi connectivity index (χ3n) is 3.05. The molecule has 0 spiro atoms. The molecular weight excluding hydrogens is 268 g/mol. The number of hydrogen-bond donors (Lipinski definition) is 1. The number of nitrogens with zero attached hydrogens (tertiary/aromatic N) is 2. The van der Waals surface area contributed by atoms with Crippen molar-refractivity contribution in [1.82, 2.24) is 9.88 Å². The first-order valence-electron chi connectivity index (χ1n) is 6.69.